The number of nitrogens with two attached hydrogens (primary N) is 1. The fourth-order valence-electron chi connectivity index (χ4n) is 1.77. The highest BCUT2D eigenvalue weighted by Gasteiger charge is 2.14. The van der Waals surface area contributed by atoms with Crippen LogP contribution in [-0.2, 0) is 0 Å². The first-order chi connectivity index (χ1) is 10.5. The Hall–Kier alpha value is -2.85. The van der Waals surface area contributed by atoms with Crippen molar-refractivity contribution < 1.29 is 9.52 Å². The molecule has 0 aromatic carbocycles. The van der Waals surface area contributed by atoms with Crippen molar-refractivity contribution >= 4 is 11.5 Å². The van der Waals surface area contributed by atoms with Gasteiger partial charge < -0.3 is 15.3 Å². The monoisotopic (exact) mass is 297 g/mol. The van der Waals surface area contributed by atoms with Gasteiger partial charge in [0, 0.05) is 0 Å². The minimum Gasteiger partial charge on any atom is -0.461 e. The standard InChI is InChI=1S/C15H15N5O2/c1-3-15(2,21)7-6-10-9-20-14(12(16)17-10)18-13(19-20)11-5-4-8-22-11/h4-5,8-9,21H,3H2,1-2H3,(H2,16,17). The van der Waals surface area contributed by atoms with Gasteiger partial charge in [-0.15, -0.1) is 5.10 Å². The van der Waals surface area contributed by atoms with Crippen molar-refractivity contribution in [1.29, 1.82) is 0 Å². The largest absolute Gasteiger partial charge is 0.461 e. The molecule has 0 aliphatic heterocycles. The molecular formula is C15H15N5O2. The van der Waals surface area contributed by atoms with Crippen LogP contribution in [0.15, 0.2) is 29.0 Å². The fourth-order valence-corrected chi connectivity index (χ4v) is 1.77. The Morgan fingerprint density at radius 1 is 1.45 bits per heavy atom. The molecule has 3 aromatic rings. The first-order valence-electron chi connectivity index (χ1n) is 6.81. The van der Waals surface area contributed by atoms with Crippen LogP contribution in [0.3, 0.4) is 0 Å². The van der Waals surface area contributed by atoms with Crippen molar-refractivity contribution in [1.82, 2.24) is 19.6 Å². The number of aromatic nitrogens is 4. The van der Waals surface area contributed by atoms with Crippen LogP contribution in [0.4, 0.5) is 5.82 Å². The van der Waals surface area contributed by atoms with E-state index in [1.165, 1.54) is 4.52 Å². The fraction of sp³-hybridized carbons (Fsp3) is 0.267. The van der Waals surface area contributed by atoms with Gasteiger partial charge in [0.15, 0.2) is 17.2 Å². The van der Waals surface area contributed by atoms with E-state index in [-0.39, 0.29) is 5.82 Å². The van der Waals surface area contributed by atoms with Crippen LogP contribution in [-0.4, -0.2) is 30.3 Å². The Balaban J connectivity index is 2.05. The van der Waals surface area contributed by atoms with E-state index < -0.39 is 5.60 Å². The summed E-state index contributed by atoms with van der Waals surface area (Å²) in [5.41, 5.74) is 5.68. The molecule has 7 heteroatoms. The van der Waals surface area contributed by atoms with Crippen LogP contribution in [0.25, 0.3) is 17.2 Å². The molecule has 0 spiro atoms. The predicted molar refractivity (Wildman–Crippen MR) is 80.7 cm³/mol. The van der Waals surface area contributed by atoms with Crippen LogP contribution in [0.1, 0.15) is 26.0 Å². The zero-order valence-corrected chi connectivity index (χ0v) is 12.2. The molecule has 3 aromatic heterocycles. The topological polar surface area (TPSA) is 102 Å². The molecule has 112 valence electrons. The second-order valence-electron chi connectivity index (χ2n) is 5.07. The van der Waals surface area contributed by atoms with Crippen molar-refractivity contribution in [3.63, 3.8) is 0 Å². The number of hydrogen-bond donors (Lipinski definition) is 2. The molecule has 3 heterocycles. The van der Waals surface area contributed by atoms with E-state index in [1.54, 1.807) is 31.5 Å². The summed E-state index contributed by atoms with van der Waals surface area (Å²) in [6.45, 7) is 3.50. The van der Waals surface area contributed by atoms with E-state index in [0.717, 1.165) is 0 Å². The molecule has 0 amide bonds. The van der Waals surface area contributed by atoms with E-state index in [0.29, 0.717) is 29.3 Å². The number of rotatable bonds is 2. The zero-order valence-electron chi connectivity index (χ0n) is 12.2. The molecule has 0 aliphatic carbocycles. The van der Waals surface area contributed by atoms with Gasteiger partial charge in [-0.2, -0.15) is 0 Å². The molecular weight excluding hydrogens is 282 g/mol. The summed E-state index contributed by atoms with van der Waals surface area (Å²) in [5.74, 6) is 6.75. The molecule has 0 bridgehead atoms. The number of nitrogen functional groups attached to an aromatic ring is 1. The maximum absolute atomic E-state index is 9.92. The molecule has 1 atom stereocenters. The highest BCUT2D eigenvalue weighted by molar-refractivity contribution is 5.63. The van der Waals surface area contributed by atoms with Gasteiger partial charge in [0.2, 0.25) is 5.82 Å². The lowest BCUT2D eigenvalue weighted by Gasteiger charge is -2.11. The smallest absolute Gasteiger partial charge is 0.218 e. The molecule has 0 radical (unpaired) electrons. The van der Waals surface area contributed by atoms with Crippen molar-refractivity contribution in [2.75, 3.05) is 5.73 Å². The predicted octanol–water partition coefficient (Wildman–Crippen LogP) is 1.48. The first-order valence-corrected chi connectivity index (χ1v) is 6.81. The number of furan rings is 1. The third-order valence-corrected chi connectivity index (χ3v) is 3.24. The highest BCUT2D eigenvalue weighted by Crippen LogP contribution is 2.18. The maximum Gasteiger partial charge on any atom is 0.218 e. The summed E-state index contributed by atoms with van der Waals surface area (Å²) in [7, 11) is 0. The Kier molecular flexibility index (Phi) is 3.31. The van der Waals surface area contributed by atoms with Gasteiger partial charge >= 0.3 is 0 Å². The van der Waals surface area contributed by atoms with Crippen molar-refractivity contribution in [3.8, 4) is 23.4 Å². The SMILES string of the molecule is CCC(C)(O)C#Cc1cn2nc(-c3ccco3)nc2c(N)n1. The average molecular weight is 297 g/mol. The Morgan fingerprint density at radius 2 is 2.27 bits per heavy atom. The summed E-state index contributed by atoms with van der Waals surface area (Å²) in [4.78, 5) is 8.47. The average Bonchev–Trinajstić information content (AvgIpc) is 3.14. The Labute approximate surface area is 126 Å². The lowest BCUT2D eigenvalue weighted by Crippen LogP contribution is -2.19. The van der Waals surface area contributed by atoms with Crippen molar-refractivity contribution in [3.05, 3.63) is 30.3 Å². The first kappa shape index (κ1) is 14.1. The minimum absolute atomic E-state index is 0.216. The maximum atomic E-state index is 9.92. The normalized spacial score (nSPS) is 13.6. The van der Waals surface area contributed by atoms with Crippen LogP contribution in [0, 0.1) is 11.8 Å². The molecule has 0 saturated carbocycles. The number of anilines is 1. The van der Waals surface area contributed by atoms with E-state index in [2.05, 4.69) is 26.9 Å². The van der Waals surface area contributed by atoms with E-state index in [9.17, 15) is 5.11 Å². The third-order valence-electron chi connectivity index (χ3n) is 3.24. The summed E-state index contributed by atoms with van der Waals surface area (Å²) >= 11 is 0. The molecule has 1 unspecified atom stereocenters. The Bertz CT molecular complexity index is 869. The molecule has 22 heavy (non-hydrogen) atoms. The summed E-state index contributed by atoms with van der Waals surface area (Å²) in [6.07, 6.45) is 3.68. The number of aliphatic hydroxyl groups is 1. The van der Waals surface area contributed by atoms with Gasteiger partial charge in [-0.3, -0.25) is 0 Å². The lowest BCUT2D eigenvalue weighted by atomic mass is 10.1. The van der Waals surface area contributed by atoms with E-state index in [4.69, 9.17) is 10.2 Å². The van der Waals surface area contributed by atoms with Gasteiger partial charge in [-0.25, -0.2) is 14.5 Å². The lowest BCUT2D eigenvalue weighted by molar-refractivity contribution is 0.118. The molecule has 7 nitrogen and oxygen atoms in total. The quantitative estimate of drug-likeness (QED) is 0.695. The van der Waals surface area contributed by atoms with Crippen molar-refractivity contribution in [2.45, 2.75) is 25.9 Å². The second-order valence-corrected chi connectivity index (χ2v) is 5.07. The minimum atomic E-state index is -1.06. The van der Waals surface area contributed by atoms with Crippen LogP contribution in [0.5, 0.6) is 0 Å². The van der Waals surface area contributed by atoms with Gasteiger partial charge in [0.1, 0.15) is 11.3 Å². The molecule has 3 N–H and O–H groups in total. The van der Waals surface area contributed by atoms with Crippen LogP contribution < -0.4 is 5.73 Å². The molecule has 3 rings (SSSR count). The second kappa shape index (κ2) is 5.16. The van der Waals surface area contributed by atoms with E-state index in [1.807, 2.05) is 6.92 Å². The number of nitrogens with zero attached hydrogens (tertiary/aromatic N) is 4. The van der Waals surface area contributed by atoms with Gasteiger partial charge in [0.25, 0.3) is 0 Å². The van der Waals surface area contributed by atoms with Crippen LogP contribution in [0.2, 0.25) is 0 Å². The van der Waals surface area contributed by atoms with Gasteiger partial charge in [-0.05, 0) is 31.4 Å². The molecule has 0 saturated heterocycles. The summed E-state index contributed by atoms with van der Waals surface area (Å²) in [5, 5.41) is 14.2. The third kappa shape index (κ3) is 2.64. The number of fused-ring (bicyclic) bond motifs is 1. The van der Waals surface area contributed by atoms with Crippen molar-refractivity contribution in [2.24, 2.45) is 0 Å². The zero-order chi connectivity index (χ0) is 15.7. The highest BCUT2D eigenvalue weighted by atomic mass is 16.3. The molecule has 0 fully saturated rings. The summed E-state index contributed by atoms with van der Waals surface area (Å²) < 4.78 is 6.77. The van der Waals surface area contributed by atoms with Crippen LogP contribution >= 0.6 is 0 Å². The Morgan fingerprint density at radius 3 is 2.95 bits per heavy atom. The molecule has 0 aliphatic rings. The van der Waals surface area contributed by atoms with Gasteiger partial charge in [-0.1, -0.05) is 12.8 Å². The number of hydrogen-bond acceptors (Lipinski definition) is 6. The van der Waals surface area contributed by atoms with Gasteiger partial charge in [0.05, 0.1) is 12.5 Å². The van der Waals surface area contributed by atoms with E-state index >= 15 is 0 Å². The summed E-state index contributed by atoms with van der Waals surface area (Å²) in [6, 6.07) is 3.52.